The second-order valence-electron chi connectivity index (χ2n) is 17.5. The maximum atomic E-state index is 6.66. The second kappa shape index (κ2) is 39.1. The lowest BCUT2D eigenvalue weighted by Gasteiger charge is -2.16. The Kier molecular flexibility index (Phi) is 31.8. The molecule has 0 saturated carbocycles. The van der Waals surface area contributed by atoms with E-state index in [0.717, 1.165) is 59.4 Å². The predicted octanol–water partition coefficient (Wildman–Crippen LogP) is 11.2. The lowest BCUT2D eigenvalue weighted by Crippen LogP contribution is -2.16. The quantitative estimate of drug-likeness (QED) is 0.0786. The van der Waals surface area contributed by atoms with Gasteiger partial charge in [-0.25, -0.2) is 0 Å². The molecule has 3 aromatic rings. The van der Waals surface area contributed by atoms with Gasteiger partial charge in [0.1, 0.15) is 37.9 Å². The number of fused-ring (bicyclic) bond motifs is 2. The topological polar surface area (TPSA) is 129 Å². The normalized spacial score (nSPS) is 17.1. The molecule has 0 N–H and O–H groups in total. The Bertz CT molecular complexity index is 1770. The number of unbranched alkanes of at least 4 members (excludes halogenated alkanes) is 10. The van der Waals surface area contributed by atoms with Crippen molar-refractivity contribution in [2.24, 2.45) is 0 Å². The molecule has 0 spiro atoms. The van der Waals surface area contributed by atoms with Crippen LogP contribution in [0.1, 0.15) is 113 Å². The molecular formula is C58H86O14. The average molecular weight is 1010 g/mol. The number of ether oxygens (including phenoxy) is 14. The van der Waals surface area contributed by atoms with E-state index in [9.17, 15) is 0 Å². The molecule has 5 rings (SSSR count). The minimum atomic E-state index is 0.358. The summed E-state index contributed by atoms with van der Waals surface area (Å²) >= 11 is 0. The van der Waals surface area contributed by atoms with Crippen molar-refractivity contribution in [1.29, 1.82) is 0 Å². The third-order valence-corrected chi connectivity index (χ3v) is 11.7. The van der Waals surface area contributed by atoms with Crippen LogP contribution < -0.4 is 28.4 Å². The monoisotopic (exact) mass is 1010 g/mol. The molecule has 0 radical (unpaired) electrons. The molecule has 2 heterocycles. The second-order valence-corrected chi connectivity index (χ2v) is 17.5. The summed E-state index contributed by atoms with van der Waals surface area (Å²) in [5.74, 6) is 4.10. The molecule has 0 unspecified atom stereocenters. The third-order valence-electron chi connectivity index (χ3n) is 11.7. The molecule has 0 bridgehead atoms. The molecule has 0 atom stereocenters. The smallest absolute Gasteiger partial charge is 0.161 e. The van der Waals surface area contributed by atoms with Gasteiger partial charge in [-0.1, -0.05) is 114 Å². The summed E-state index contributed by atoms with van der Waals surface area (Å²) in [6.07, 6.45) is 22.4. The average Bonchev–Trinajstić information content (AvgIpc) is 3.39. The van der Waals surface area contributed by atoms with Crippen LogP contribution in [0.3, 0.4) is 0 Å². The number of benzene rings is 3. The standard InChI is InChI=1S/C58H86O14/c1-3-5-7-9-11-13-23-67-55-47-52(20-16-50-18-22-54-58(46-50)72-44-40-66-36-32-62-28-26-60-30-34-64-38-42-70-54)56(68-24-14-12-10-8-6-4-2)48-51(55)19-15-49-17-21-53-57(45-49)71-43-39-65-35-31-61-27-25-59-29-33-63-37-41-69-53/h15-22,45-48H,3-14,23-44H2,1-2H3/b19-15+,20-16+. The summed E-state index contributed by atoms with van der Waals surface area (Å²) < 4.78 is 83.5. The van der Waals surface area contributed by atoms with E-state index in [0.29, 0.717) is 168 Å². The first-order valence-corrected chi connectivity index (χ1v) is 26.9. The molecule has 3 aromatic carbocycles. The van der Waals surface area contributed by atoms with Crippen molar-refractivity contribution in [3.8, 4) is 34.5 Å². The SMILES string of the molecule is CCCCCCCCOc1cc(/C=C/c2ccc3c(c2)OCCOCCOCCOCCOCCO3)c(OCCCCCCCC)cc1/C=C/c1ccc2c(c1)OCCOCCOCCOCCOCCO2. The molecule has 0 aliphatic carbocycles. The highest BCUT2D eigenvalue weighted by Crippen LogP contribution is 2.35. The van der Waals surface area contributed by atoms with Crippen LogP contribution in [-0.2, 0) is 37.9 Å². The maximum absolute atomic E-state index is 6.66. The first kappa shape index (κ1) is 58.5. The van der Waals surface area contributed by atoms with Gasteiger partial charge in [0.25, 0.3) is 0 Å². The molecule has 14 nitrogen and oxygen atoms in total. The molecule has 0 fully saturated rings. The molecule has 72 heavy (non-hydrogen) atoms. The van der Waals surface area contributed by atoms with Gasteiger partial charge in [0.2, 0.25) is 0 Å². The van der Waals surface area contributed by atoms with Gasteiger partial charge in [-0.2, -0.15) is 0 Å². The van der Waals surface area contributed by atoms with Crippen LogP contribution in [0.4, 0.5) is 0 Å². The highest BCUT2D eigenvalue weighted by Gasteiger charge is 2.14. The zero-order chi connectivity index (χ0) is 50.2. The van der Waals surface area contributed by atoms with Crippen molar-refractivity contribution in [3.05, 3.63) is 70.8 Å². The van der Waals surface area contributed by atoms with E-state index >= 15 is 0 Å². The molecule has 2 aliphatic heterocycles. The number of hydrogen-bond acceptors (Lipinski definition) is 14. The van der Waals surface area contributed by atoms with E-state index < -0.39 is 0 Å². The molecule has 0 amide bonds. The molecular weight excluding hydrogens is 921 g/mol. The van der Waals surface area contributed by atoms with Crippen molar-refractivity contribution >= 4 is 24.3 Å². The summed E-state index contributed by atoms with van der Waals surface area (Å²) in [4.78, 5) is 0. The van der Waals surface area contributed by atoms with Gasteiger partial charge in [0, 0.05) is 11.1 Å². The first-order chi connectivity index (χ1) is 35.7. The van der Waals surface area contributed by atoms with Crippen molar-refractivity contribution < 1.29 is 66.3 Å². The van der Waals surface area contributed by atoms with Gasteiger partial charge in [0.05, 0.1) is 119 Å². The van der Waals surface area contributed by atoms with Crippen molar-refractivity contribution in [2.45, 2.75) is 90.9 Å². The molecule has 0 saturated heterocycles. The van der Waals surface area contributed by atoms with Crippen LogP contribution >= 0.6 is 0 Å². The summed E-state index contributed by atoms with van der Waals surface area (Å²) in [5, 5.41) is 0. The van der Waals surface area contributed by atoms with E-state index in [2.05, 4.69) is 50.3 Å². The Labute approximate surface area is 430 Å². The van der Waals surface area contributed by atoms with E-state index in [-0.39, 0.29) is 0 Å². The van der Waals surface area contributed by atoms with Crippen LogP contribution in [0.5, 0.6) is 34.5 Å². The molecule has 402 valence electrons. The summed E-state index contributed by atoms with van der Waals surface area (Å²) in [6.45, 7) is 14.8. The Hall–Kier alpha value is -4.38. The third kappa shape index (κ3) is 25.5. The van der Waals surface area contributed by atoms with Gasteiger partial charge >= 0.3 is 0 Å². The first-order valence-electron chi connectivity index (χ1n) is 26.9. The van der Waals surface area contributed by atoms with E-state index in [1.807, 2.05) is 36.4 Å². The fourth-order valence-corrected chi connectivity index (χ4v) is 7.69. The van der Waals surface area contributed by atoms with Crippen molar-refractivity contribution in [2.75, 3.05) is 145 Å². The van der Waals surface area contributed by atoms with Gasteiger partial charge in [-0.05, 0) is 60.4 Å². The largest absolute Gasteiger partial charge is 0.493 e. The fourth-order valence-electron chi connectivity index (χ4n) is 7.69. The Morgan fingerprint density at radius 2 is 0.611 bits per heavy atom. The van der Waals surface area contributed by atoms with Gasteiger partial charge in [-0.3, -0.25) is 0 Å². The van der Waals surface area contributed by atoms with E-state index in [1.54, 1.807) is 0 Å². The van der Waals surface area contributed by atoms with Gasteiger partial charge in [-0.15, -0.1) is 0 Å². The highest BCUT2D eigenvalue weighted by molar-refractivity contribution is 5.79. The molecule has 2 aliphatic rings. The summed E-state index contributed by atoms with van der Waals surface area (Å²) in [7, 11) is 0. The minimum Gasteiger partial charge on any atom is -0.493 e. The Morgan fingerprint density at radius 1 is 0.319 bits per heavy atom. The highest BCUT2D eigenvalue weighted by atomic mass is 16.6. The van der Waals surface area contributed by atoms with Crippen LogP contribution in [0, 0.1) is 0 Å². The lowest BCUT2D eigenvalue weighted by molar-refractivity contribution is -0.00841. The van der Waals surface area contributed by atoms with Crippen LogP contribution in [0.2, 0.25) is 0 Å². The summed E-state index contributed by atoms with van der Waals surface area (Å²) in [5.41, 5.74) is 3.72. The Morgan fingerprint density at radius 3 is 0.944 bits per heavy atom. The Balaban J connectivity index is 1.40. The maximum Gasteiger partial charge on any atom is 0.161 e. The van der Waals surface area contributed by atoms with Crippen LogP contribution in [-0.4, -0.2) is 145 Å². The number of rotatable bonds is 20. The number of hydrogen-bond donors (Lipinski definition) is 0. The minimum absolute atomic E-state index is 0.358. The van der Waals surface area contributed by atoms with E-state index in [4.69, 9.17) is 66.3 Å². The zero-order valence-electron chi connectivity index (χ0n) is 43.7. The van der Waals surface area contributed by atoms with Crippen LogP contribution in [0.15, 0.2) is 48.5 Å². The zero-order valence-corrected chi connectivity index (χ0v) is 43.7. The molecule has 14 heteroatoms. The van der Waals surface area contributed by atoms with Crippen molar-refractivity contribution in [1.82, 2.24) is 0 Å². The lowest BCUT2D eigenvalue weighted by atomic mass is 10.0. The van der Waals surface area contributed by atoms with Crippen LogP contribution in [0.25, 0.3) is 24.3 Å². The summed E-state index contributed by atoms with van der Waals surface area (Å²) in [6, 6.07) is 16.1. The van der Waals surface area contributed by atoms with Gasteiger partial charge in [0.15, 0.2) is 23.0 Å². The fraction of sp³-hybridized carbons (Fsp3) is 0.621. The van der Waals surface area contributed by atoms with Crippen molar-refractivity contribution in [3.63, 3.8) is 0 Å². The van der Waals surface area contributed by atoms with Gasteiger partial charge < -0.3 is 66.3 Å². The molecule has 0 aromatic heterocycles. The predicted molar refractivity (Wildman–Crippen MR) is 283 cm³/mol. The van der Waals surface area contributed by atoms with E-state index in [1.165, 1.54) is 51.4 Å².